The van der Waals surface area contributed by atoms with Crippen molar-refractivity contribution in [3.63, 3.8) is 0 Å². The van der Waals surface area contributed by atoms with Gasteiger partial charge >= 0.3 is 0 Å². The molecule has 0 saturated heterocycles. The van der Waals surface area contributed by atoms with E-state index in [1.807, 2.05) is 0 Å². The first-order valence-corrected chi connectivity index (χ1v) is 4.83. The Labute approximate surface area is 95.6 Å². The summed E-state index contributed by atoms with van der Waals surface area (Å²) in [5, 5.41) is 10.9. The molecule has 15 heavy (non-hydrogen) atoms. The van der Waals surface area contributed by atoms with Crippen molar-refractivity contribution < 1.29 is 5.11 Å². The number of anilines is 1. The van der Waals surface area contributed by atoms with Gasteiger partial charge in [0.2, 0.25) is 0 Å². The van der Waals surface area contributed by atoms with Crippen molar-refractivity contribution in [3.8, 4) is 5.75 Å². The molecular weight excluding hydrogens is 237 g/mol. The molecular formula is C9H7Cl2N3O. The molecule has 1 aromatic heterocycles. The largest absolute Gasteiger partial charge is 0.506 e. The standard InChI is InChI=1S/C9H7Cl2N3O/c10-5-3-6(15)9-4(8(5)11)1-2-7(13-9)14-12/h1-3,15H,12H2,(H,13,14). The number of hydrogen-bond acceptors (Lipinski definition) is 4. The molecule has 1 aromatic carbocycles. The number of fused-ring (bicyclic) bond motifs is 1. The number of nitrogens with two attached hydrogens (primary N) is 1. The van der Waals surface area contributed by atoms with E-state index in [2.05, 4.69) is 10.4 Å². The number of nitrogens with one attached hydrogen (secondary N) is 1. The zero-order valence-electron chi connectivity index (χ0n) is 7.46. The molecule has 0 amide bonds. The third-order valence-corrected chi connectivity index (χ3v) is 2.80. The fourth-order valence-electron chi connectivity index (χ4n) is 1.29. The Hall–Kier alpha value is -1.23. The predicted molar refractivity (Wildman–Crippen MR) is 61.2 cm³/mol. The van der Waals surface area contributed by atoms with Gasteiger partial charge in [0.05, 0.1) is 10.0 Å². The van der Waals surface area contributed by atoms with E-state index in [0.29, 0.717) is 21.7 Å². The van der Waals surface area contributed by atoms with E-state index in [1.54, 1.807) is 12.1 Å². The molecule has 78 valence electrons. The van der Waals surface area contributed by atoms with Gasteiger partial charge in [-0.2, -0.15) is 0 Å². The van der Waals surface area contributed by atoms with Crippen LogP contribution < -0.4 is 11.3 Å². The number of pyridine rings is 1. The monoisotopic (exact) mass is 243 g/mol. The van der Waals surface area contributed by atoms with Crippen LogP contribution in [0, 0.1) is 0 Å². The van der Waals surface area contributed by atoms with Crippen molar-refractivity contribution in [1.29, 1.82) is 0 Å². The summed E-state index contributed by atoms with van der Waals surface area (Å²) < 4.78 is 0. The van der Waals surface area contributed by atoms with Crippen LogP contribution in [0.5, 0.6) is 5.75 Å². The van der Waals surface area contributed by atoms with E-state index in [1.165, 1.54) is 6.07 Å². The summed E-state index contributed by atoms with van der Waals surface area (Å²) in [6, 6.07) is 4.68. The van der Waals surface area contributed by atoms with Gasteiger partial charge in [0, 0.05) is 11.5 Å². The quantitative estimate of drug-likeness (QED) is 0.532. The molecule has 4 N–H and O–H groups in total. The number of hydrogen-bond donors (Lipinski definition) is 3. The van der Waals surface area contributed by atoms with E-state index < -0.39 is 0 Å². The van der Waals surface area contributed by atoms with E-state index in [0.717, 1.165) is 0 Å². The Bertz CT molecular complexity index is 530. The highest BCUT2D eigenvalue weighted by atomic mass is 35.5. The second kappa shape index (κ2) is 3.73. The zero-order valence-corrected chi connectivity index (χ0v) is 8.97. The summed E-state index contributed by atoms with van der Waals surface area (Å²) >= 11 is 11.8. The number of benzene rings is 1. The molecule has 6 heteroatoms. The number of aromatic hydroxyl groups is 1. The SMILES string of the molecule is NNc1ccc2c(Cl)c(Cl)cc(O)c2n1. The summed E-state index contributed by atoms with van der Waals surface area (Å²) in [6.45, 7) is 0. The molecule has 2 rings (SSSR count). The number of hydrazine groups is 1. The summed E-state index contributed by atoms with van der Waals surface area (Å²) in [5.41, 5.74) is 2.74. The van der Waals surface area contributed by atoms with E-state index in [4.69, 9.17) is 29.0 Å². The van der Waals surface area contributed by atoms with Crippen molar-refractivity contribution in [1.82, 2.24) is 4.98 Å². The van der Waals surface area contributed by atoms with Gasteiger partial charge in [0.25, 0.3) is 0 Å². The Morgan fingerprint density at radius 3 is 2.73 bits per heavy atom. The van der Waals surface area contributed by atoms with Gasteiger partial charge in [0.15, 0.2) is 0 Å². The molecule has 0 bridgehead atoms. The van der Waals surface area contributed by atoms with E-state index >= 15 is 0 Å². The van der Waals surface area contributed by atoms with Crippen molar-refractivity contribution in [2.45, 2.75) is 0 Å². The first kappa shape index (κ1) is 10.3. The molecule has 2 aromatic rings. The number of phenols is 1. The minimum absolute atomic E-state index is 0.0310. The molecule has 1 heterocycles. The molecule has 0 aliphatic carbocycles. The van der Waals surface area contributed by atoms with Crippen molar-refractivity contribution >= 4 is 39.9 Å². The van der Waals surface area contributed by atoms with Crippen LogP contribution in [-0.2, 0) is 0 Å². The van der Waals surface area contributed by atoms with Crippen molar-refractivity contribution in [2.75, 3.05) is 5.43 Å². The minimum atomic E-state index is -0.0310. The van der Waals surface area contributed by atoms with E-state index in [-0.39, 0.29) is 10.8 Å². The number of aromatic nitrogens is 1. The van der Waals surface area contributed by atoms with Gasteiger partial charge in [-0.3, -0.25) is 0 Å². The van der Waals surface area contributed by atoms with Gasteiger partial charge in [-0.25, -0.2) is 10.8 Å². The number of halogens is 2. The van der Waals surface area contributed by atoms with Crippen LogP contribution in [0.3, 0.4) is 0 Å². The van der Waals surface area contributed by atoms with Crippen LogP contribution in [-0.4, -0.2) is 10.1 Å². The van der Waals surface area contributed by atoms with Crippen LogP contribution in [0.4, 0.5) is 5.82 Å². The Morgan fingerprint density at radius 2 is 2.07 bits per heavy atom. The maximum Gasteiger partial charge on any atom is 0.143 e. The smallest absolute Gasteiger partial charge is 0.143 e. The molecule has 0 spiro atoms. The highest BCUT2D eigenvalue weighted by Gasteiger charge is 2.10. The van der Waals surface area contributed by atoms with E-state index in [9.17, 15) is 5.11 Å². The summed E-state index contributed by atoms with van der Waals surface area (Å²) in [5.74, 6) is 5.62. The Morgan fingerprint density at radius 1 is 1.33 bits per heavy atom. The Kier molecular flexibility index (Phi) is 2.56. The molecule has 0 aliphatic heterocycles. The van der Waals surface area contributed by atoms with Crippen LogP contribution in [0.25, 0.3) is 10.9 Å². The third-order valence-electron chi connectivity index (χ3n) is 2.00. The second-order valence-corrected chi connectivity index (χ2v) is 3.71. The zero-order chi connectivity index (χ0) is 11.0. The number of rotatable bonds is 1. The summed E-state index contributed by atoms with van der Waals surface area (Å²) in [6.07, 6.45) is 0. The van der Waals surface area contributed by atoms with Crippen LogP contribution in [0.2, 0.25) is 10.0 Å². The van der Waals surface area contributed by atoms with Crippen LogP contribution >= 0.6 is 23.2 Å². The van der Waals surface area contributed by atoms with Gasteiger partial charge in [0.1, 0.15) is 17.1 Å². The summed E-state index contributed by atoms with van der Waals surface area (Å²) in [4.78, 5) is 4.07. The lowest BCUT2D eigenvalue weighted by atomic mass is 10.2. The molecule has 0 atom stereocenters. The van der Waals surface area contributed by atoms with Crippen molar-refractivity contribution in [3.05, 3.63) is 28.2 Å². The average molecular weight is 244 g/mol. The molecule has 0 radical (unpaired) electrons. The lowest BCUT2D eigenvalue weighted by Crippen LogP contribution is -2.08. The molecule has 4 nitrogen and oxygen atoms in total. The van der Waals surface area contributed by atoms with Gasteiger partial charge < -0.3 is 10.5 Å². The fraction of sp³-hybridized carbons (Fsp3) is 0. The minimum Gasteiger partial charge on any atom is -0.506 e. The summed E-state index contributed by atoms with van der Waals surface area (Å²) in [7, 11) is 0. The first-order chi connectivity index (χ1) is 7.13. The predicted octanol–water partition coefficient (Wildman–Crippen LogP) is 2.53. The number of nitrogens with zero attached hydrogens (tertiary/aromatic N) is 1. The number of nitrogen functional groups attached to an aromatic ring is 1. The topological polar surface area (TPSA) is 71.2 Å². The normalized spacial score (nSPS) is 10.6. The molecule has 0 aliphatic rings. The van der Waals surface area contributed by atoms with Crippen LogP contribution in [0.1, 0.15) is 0 Å². The second-order valence-electron chi connectivity index (χ2n) is 2.93. The molecule has 0 fully saturated rings. The number of phenolic OH excluding ortho intramolecular Hbond substituents is 1. The first-order valence-electron chi connectivity index (χ1n) is 4.08. The maximum atomic E-state index is 9.62. The van der Waals surface area contributed by atoms with Crippen LogP contribution in [0.15, 0.2) is 18.2 Å². The lowest BCUT2D eigenvalue weighted by molar-refractivity contribution is 0.480. The highest BCUT2D eigenvalue weighted by molar-refractivity contribution is 6.45. The molecule has 0 saturated carbocycles. The van der Waals surface area contributed by atoms with Crippen molar-refractivity contribution in [2.24, 2.45) is 5.84 Å². The Balaban J connectivity index is 2.84. The third kappa shape index (κ3) is 1.67. The molecule has 0 unspecified atom stereocenters. The maximum absolute atomic E-state index is 9.62. The average Bonchev–Trinajstić information content (AvgIpc) is 2.25. The van der Waals surface area contributed by atoms with Gasteiger partial charge in [-0.05, 0) is 12.1 Å². The fourth-order valence-corrected chi connectivity index (χ4v) is 1.70. The lowest BCUT2D eigenvalue weighted by Gasteiger charge is -2.06. The van der Waals surface area contributed by atoms with Gasteiger partial charge in [-0.15, -0.1) is 0 Å². The van der Waals surface area contributed by atoms with Gasteiger partial charge in [-0.1, -0.05) is 23.2 Å². The highest BCUT2D eigenvalue weighted by Crippen LogP contribution is 2.36.